The van der Waals surface area contributed by atoms with Gasteiger partial charge in [0.25, 0.3) is 0 Å². The Bertz CT molecular complexity index is 594. The number of hydrogen-bond donors (Lipinski definition) is 0. The number of hydrogen-bond acceptors (Lipinski definition) is 4. The first-order valence-electron chi connectivity index (χ1n) is 7.39. The van der Waals surface area contributed by atoms with Gasteiger partial charge in [0.1, 0.15) is 6.10 Å². The summed E-state index contributed by atoms with van der Waals surface area (Å²) in [5, 5.41) is 0. The molecule has 0 spiro atoms. The van der Waals surface area contributed by atoms with E-state index in [1.54, 1.807) is 0 Å². The maximum Gasteiger partial charge on any atom is 0.225 e. The van der Waals surface area contributed by atoms with Crippen LogP contribution in [0.4, 0.5) is 5.95 Å². The van der Waals surface area contributed by atoms with E-state index in [-0.39, 0.29) is 12.2 Å². The Morgan fingerprint density at radius 1 is 1.05 bits per heavy atom. The molecule has 1 aromatic carbocycles. The number of benzene rings is 1. The Hall–Kier alpha value is -1.94. The second kappa shape index (κ2) is 5.82. The largest absolute Gasteiger partial charge is 0.367 e. The first kappa shape index (κ1) is 14.0. The Kier molecular flexibility index (Phi) is 3.88. The topological polar surface area (TPSA) is 38.2 Å². The van der Waals surface area contributed by atoms with Gasteiger partial charge in [0.15, 0.2) is 0 Å². The predicted octanol–water partition coefficient (Wildman–Crippen LogP) is 3.06. The molecule has 4 nitrogen and oxygen atoms in total. The molecule has 1 aliphatic rings. The molecule has 110 valence electrons. The summed E-state index contributed by atoms with van der Waals surface area (Å²) in [5.74, 6) is 0.809. The standard InChI is InChI=1S/C17H21N3O/c1-12-9-13(2)19-17(18-12)20-10-14(3)21-16(11-20)15-7-5-4-6-8-15/h4-9,14,16H,10-11H2,1-3H3/t14-,16-/m1/s1. The summed E-state index contributed by atoms with van der Waals surface area (Å²) in [6.45, 7) is 7.74. The SMILES string of the molecule is Cc1cc(C)nc(N2C[C@@H](C)O[C@@H](c3ccccc3)C2)n1. The lowest BCUT2D eigenvalue weighted by Crippen LogP contribution is -2.43. The van der Waals surface area contributed by atoms with Gasteiger partial charge in [0.2, 0.25) is 5.95 Å². The molecule has 2 aromatic rings. The fourth-order valence-corrected chi connectivity index (χ4v) is 2.82. The predicted molar refractivity (Wildman–Crippen MR) is 83.4 cm³/mol. The number of morpholine rings is 1. The minimum absolute atomic E-state index is 0.0689. The molecule has 0 aliphatic carbocycles. The van der Waals surface area contributed by atoms with Crippen LogP contribution in [0.2, 0.25) is 0 Å². The molecule has 4 heteroatoms. The molecule has 0 amide bonds. The number of nitrogens with zero attached hydrogens (tertiary/aromatic N) is 3. The Balaban J connectivity index is 1.86. The van der Waals surface area contributed by atoms with Gasteiger partial charge in [0, 0.05) is 17.9 Å². The number of anilines is 1. The minimum atomic E-state index is 0.0689. The highest BCUT2D eigenvalue weighted by atomic mass is 16.5. The summed E-state index contributed by atoms with van der Waals surface area (Å²) in [6.07, 6.45) is 0.229. The van der Waals surface area contributed by atoms with Crippen LogP contribution in [-0.2, 0) is 4.74 Å². The summed E-state index contributed by atoms with van der Waals surface area (Å²) in [6, 6.07) is 12.4. The number of ether oxygens (including phenoxy) is 1. The third-order valence-corrected chi connectivity index (χ3v) is 3.68. The van der Waals surface area contributed by atoms with E-state index >= 15 is 0 Å². The van der Waals surface area contributed by atoms with E-state index in [4.69, 9.17) is 4.74 Å². The van der Waals surface area contributed by atoms with Gasteiger partial charge in [0.05, 0.1) is 12.6 Å². The zero-order valence-corrected chi connectivity index (χ0v) is 12.8. The van der Waals surface area contributed by atoms with Crippen LogP contribution in [0, 0.1) is 13.8 Å². The lowest BCUT2D eigenvalue weighted by molar-refractivity contribution is -0.0178. The molecule has 0 radical (unpaired) electrons. The van der Waals surface area contributed by atoms with Crippen LogP contribution in [0.25, 0.3) is 0 Å². The fourth-order valence-electron chi connectivity index (χ4n) is 2.82. The van der Waals surface area contributed by atoms with E-state index < -0.39 is 0 Å². The van der Waals surface area contributed by atoms with Crippen molar-refractivity contribution < 1.29 is 4.74 Å². The lowest BCUT2D eigenvalue weighted by Gasteiger charge is -2.37. The second-order valence-electron chi connectivity index (χ2n) is 5.70. The molecule has 0 saturated carbocycles. The smallest absolute Gasteiger partial charge is 0.225 e. The van der Waals surface area contributed by atoms with E-state index in [2.05, 4.69) is 46.1 Å². The van der Waals surface area contributed by atoms with Crippen molar-refractivity contribution in [2.75, 3.05) is 18.0 Å². The first-order valence-corrected chi connectivity index (χ1v) is 7.39. The van der Waals surface area contributed by atoms with Gasteiger partial charge in [-0.25, -0.2) is 9.97 Å². The van der Waals surface area contributed by atoms with Crippen LogP contribution in [0.15, 0.2) is 36.4 Å². The minimum Gasteiger partial charge on any atom is -0.367 e. The molecule has 21 heavy (non-hydrogen) atoms. The van der Waals surface area contributed by atoms with Gasteiger partial charge in [-0.1, -0.05) is 30.3 Å². The summed E-state index contributed by atoms with van der Waals surface area (Å²) < 4.78 is 6.09. The van der Waals surface area contributed by atoms with Gasteiger partial charge < -0.3 is 9.64 Å². The van der Waals surface area contributed by atoms with Crippen molar-refractivity contribution in [2.45, 2.75) is 33.0 Å². The van der Waals surface area contributed by atoms with Crippen LogP contribution in [0.3, 0.4) is 0 Å². The Labute approximate surface area is 125 Å². The highest BCUT2D eigenvalue weighted by molar-refractivity contribution is 5.34. The van der Waals surface area contributed by atoms with Gasteiger partial charge in [-0.15, -0.1) is 0 Å². The number of rotatable bonds is 2. The number of aromatic nitrogens is 2. The lowest BCUT2D eigenvalue weighted by atomic mass is 10.1. The van der Waals surface area contributed by atoms with Crippen LogP contribution in [0.1, 0.15) is 30.0 Å². The molecule has 1 saturated heterocycles. The average molecular weight is 283 g/mol. The first-order chi connectivity index (χ1) is 10.1. The van der Waals surface area contributed by atoms with Crippen molar-refractivity contribution in [1.29, 1.82) is 0 Å². The molecule has 2 atom stereocenters. The average Bonchev–Trinajstić information content (AvgIpc) is 2.46. The monoisotopic (exact) mass is 283 g/mol. The highest BCUT2D eigenvalue weighted by Crippen LogP contribution is 2.27. The fraction of sp³-hybridized carbons (Fsp3) is 0.412. The quantitative estimate of drug-likeness (QED) is 0.849. The van der Waals surface area contributed by atoms with E-state index in [1.807, 2.05) is 26.0 Å². The Morgan fingerprint density at radius 2 is 1.71 bits per heavy atom. The molecule has 3 rings (SSSR count). The zero-order valence-electron chi connectivity index (χ0n) is 12.8. The third kappa shape index (κ3) is 3.22. The van der Waals surface area contributed by atoms with E-state index in [1.165, 1.54) is 5.56 Å². The molecule has 0 N–H and O–H groups in total. The highest BCUT2D eigenvalue weighted by Gasteiger charge is 2.28. The molecular formula is C17H21N3O. The molecule has 1 aromatic heterocycles. The van der Waals surface area contributed by atoms with Crippen LogP contribution in [-0.4, -0.2) is 29.2 Å². The summed E-state index contributed by atoms with van der Waals surface area (Å²) in [5.41, 5.74) is 3.22. The molecule has 0 bridgehead atoms. The second-order valence-corrected chi connectivity index (χ2v) is 5.70. The van der Waals surface area contributed by atoms with E-state index in [0.717, 1.165) is 30.4 Å². The van der Waals surface area contributed by atoms with Gasteiger partial charge in [-0.2, -0.15) is 0 Å². The molecule has 0 unspecified atom stereocenters. The maximum atomic E-state index is 6.09. The molecular weight excluding hydrogens is 262 g/mol. The van der Waals surface area contributed by atoms with Crippen molar-refractivity contribution in [3.63, 3.8) is 0 Å². The third-order valence-electron chi connectivity index (χ3n) is 3.68. The summed E-state index contributed by atoms with van der Waals surface area (Å²) in [7, 11) is 0. The Morgan fingerprint density at radius 3 is 2.38 bits per heavy atom. The van der Waals surface area contributed by atoms with Gasteiger partial charge >= 0.3 is 0 Å². The van der Waals surface area contributed by atoms with Crippen LogP contribution < -0.4 is 4.90 Å². The van der Waals surface area contributed by atoms with Crippen molar-refractivity contribution in [2.24, 2.45) is 0 Å². The van der Waals surface area contributed by atoms with Crippen molar-refractivity contribution >= 4 is 5.95 Å². The number of aryl methyl sites for hydroxylation is 2. The molecule has 1 aliphatic heterocycles. The van der Waals surface area contributed by atoms with Gasteiger partial charge in [-0.3, -0.25) is 0 Å². The van der Waals surface area contributed by atoms with Crippen molar-refractivity contribution in [3.05, 3.63) is 53.3 Å². The summed E-state index contributed by atoms with van der Waals surface area (Å²) >= 11 is 0. The zero-order chi connectivity index (χ0) is 14.8. The van der Waals surface area contributed by atoms with Crippen LogP contribution >= 0.6 is 0 Å². The van der Waals surface area contributed by atoms with E-state index in [0.29, 0.717) is 0 Å². The van der Waals surface area contributed by atoms with Crippen molar-refractivity contribution in [1.82, 2.24) is 9.97 Å². The normalized spacial score (nSPS) is 22.3. The molecule has 2 heterocycles. The van der Waals surface area contributed by atoms with Gasteiger partial charge in [-0.05, 0) is 32.4 Å². The molecule has 1 fully saturated rings. The van der Waals surface area contributed by atoms with E-state index in [9.17, 15) is 0 Å². The van der Waals surface area contributed by atoms with Crippen molar-refractivity contribution in [3.8, 4) is 0 Å². The van der Waals surface area contributed by atoms with Crippen LogP contribution in [0.5, 0.6) is 0 Å². The summed E-state index contributed by atoms with van der Waals surface area (Å²) in [4.78, 5) is 11.4. The maximum absolute atomic E-state index is 6.09.